The van der Waals surface area contributed by atoms with E-state index in [4.69, 9.17) is 11.6 Å². The first-order chi connectivity index (χ1) is 13.6. The maximum absolute atomic E-state index is 13.7. The summed E-state index contributed by atoms with van der Waals surface area (Å²) in [4.78, 5) is 20.4. The van der Waals surface area contributed by atoms with Gasteiger partial charge in [-0.2, -0.15) is 0 Å². The van der Waals surface area contributed by atoms with E-state index in [1.807, 2.05) is 6.92 Å². The molecule has 1 amide bonds. The average Bonchev–Trinajstić information content (AvgIpc) is 2.67. The van der Waals surface area contributed by atoms with Gasteiger partial charge in [-0.15, -0.1) is 0 Å². The van der Waals surface area contributed by atoms with Crippen molar-refractivity contribution in [3.05, 3.63) is 64.2 Å². The summed E-state index contributed by atoms with van der Waals surface area (Å²) < 4.78 is 36.0. The summed E-state index contributed by atoms with van der Waals surface area (Å²) in [5, 5.41) is 6.81. The lowest BCUT2D eigenvalue weighted by atomic mass is 10.0. The predicted octanol–water partition coefficient (Wildman–Crippen LogP) is 3.51. The topological polar surface area (TPSA) is 101 Å². The van der Waals surface area contributed by atoms with Crippen LogP contribution in [0.15, 0.2) is 42.1 Å². The van der Waals surface area contributed by atoms with Crippen LogP contribution in [0.5, 0.6) is 0 Å². The number of sulfone groups is 1. The first kappa shape index (κ1) is 22.8. The van der Waals surface area contributed by atoms with Crippen LogP contribution in [0.2, 0.25) is 5.02 Å². The highest BCUT2D eigenvalue weighted by molar-refractivity contribution is 7.93. The van der Waals surface area contributed by atoms with E-state index >= 15 is 0 Å². The zero-order valence-electron chi connectivity index (χ0n) is 16.2. The lowest BCUT2D eigenvalue weighted by Crippen LogP contribution is -2.32. The van der Waals surface area contributed by atoms with Crippen LogP contribution in [-0.2, 0) is 9.84 Å². The molecule has 29 heavy (non-hydrogen) atoms. The maximum Gasteiger partial charge on any atom is 0.271 e. The lowest BCUT2D eigenvalue weighted by molar-refractivity contribution is 0.0941. The molecule has 0 unspecified atom stereocenters. The van der Waals surface area contributed by atoms with Gasteiger partial charge in [-0.1, -0.05) is 36.7 Å². The molecule has 7 nitrogen and oxygen atoms in total. The SMILES string of the molecule is CC[C@@H](Nc1cnc(C(=O)N[C@H](C)/C=C/S(C)(=O)=O)cn1)c1cccc(F)c1Cl. The van der Waals surface area contributed by atoms with E-state index in [1.165, 1.54) is 24.5 Å². The number of carbonyl (C=O) groups excluding carboxylic acids is 1. The normalized spacial score (nSPS) is 13.8. The summed E-state index contributed by atoms with van der Waals surface area (Å²) in [6.45, 7) is 3.55. The number of nitrogens with one attached hydrogen (secondary N) is 2. The minimum atomic E-state index is -3.27. The van der Waals surface area contributed by atoms with Crippen LogP contribution >= 0.6 is 11.6 Å². The van der Waals surface area contributed by atoms with Gasteiger partial charge in [-0.25, -0.2) is 22.8 Å². The van der Waals surface area contributed by atoms with Gasteiger partial charge in [0.1, 0.15) is 17.3 Å². The summed E-state index contributed by atoms with van der Waals surface area (Å²) in [5.74, 6) is -0.588. The van der Waals surface area contributed by atoms with Gasteiger partial charge in [-0.3, -0.25) is 4.79 Å². The van der Waals surface area contributed by atoms with Crippen LogP contribution in [0, 0.1) is 5.82 Å². The van der Waals surface area contributed by atoms with E-state index in [9.17, 15) is 17.6 Å². The van der Waals surface area contributed by atoms with Crippen molar-refractivity contribution in [3.63, 3.8) is 0 Å². The fourth-order valence-corrected chi connectivity index (χ4v) is 3.26. The standard InChI is InChI=1S/C19H22ClFN4O3S/c1-4-15(13-6-5-7-14(21)18(13)20)25-17-11-22-16(10-23-17)19(26)24-12(2)8-9-29(3,27)28/h5-12,15H,4H2,1-3H3,(H,23,25)(H,24,26)/b9-8+/t12-,15-/m1/s1. The number of aromatic nitrogens is 2. The number of halogens is 2. The van der Waals surface area contributed by atoms with Crippen molar-refractivity contribution in [2.75, 3.05) is 11.6 Å². The molecular weight excluding hydrogens is 419 g/mol. The Morgan fingerprint density at radius 1 is 1.31 bits per heavy atom. The van der Waals surface area contributed by atoms with Crippen LogP contribution in [0.1, 0.15) is 42.4 Å². The van der Waals surface area contributed by atoms with E-state index in [0.29, 0.717) is 17.8 Å². The molecular formula is C19H22ClFN4O3S. The molecule has 2 atom stereocenters. The van der Waals surface area contributed by atoms with E-state index in [-0.39, 0.29) is 16.8 Å². The zero-order chi connectivity index (χ0) is 21.6. The van der Waals surface area contributed by atoms with E-state index < -0.39 is 27.6 Å². The van der Waals surface area contributed by atoms with E-state index in [1.54, 1.807) is 19.1 Å². The van der Waals surface area contributed by atoms with Crippen molar-refractivity contribution in [1.29, 1.82) is 0 Å². The Bertz CT molecular complexity index is 997. The van der Waals surface area contributed by atoms with Crippen molar-refractivity contribution in [2.45, 2.75) is 32.4 Å². The highest BCUT2D eigenvalue weighted by atomic mass is 35.5. The molecule has 10 heteroatoms. The van der Waals surface area contributed by atoms with Crippen LogP contribution in [0.25, 0.3) is 0 Å². The van der Waals surface area contributed by atoms with Gasteiger partial charge in [0.25, 0.3) is 5.91 Å². The zero-order valence-corrected chi connectivity index (χ0v) is 17.8. The number of nitrogens with zero attached hydrogens (tertiary/aromatic N) is 2. The molecule has 0 aliphatic rings. The number of hydrogen-bond acceptors (Lipinski definition) is 6. The Balaban J connectivity index is 2.06. The Hall–Kier alpha value is -2.52. The molecule has 0 saturated carbocycles. The summed E-state index contributed by atoms with van der Waals surface area (Å²) in [6.07, 6.45) is 5.74. The third-order valence-electron chi connectivity index (χ3n) is 3.94. The first-order valence-corrected chi connectivity index (χ1v) is 11.2. The number of hydrogen-bond donors (Lipinski definition) is 2. The highest BCUT2D eigenvalue weighted by Crippen LogP contribution is 2.29. The molecule has 1 aromatic heterocycles. The molecule has 0 radical (unpaired) electrons. The molecule has 0 aliphatic carbocycles. The third kappa shape index (κ3) is 6.79. The van der Waals surface area contributed by atoms with E-state index in [2.05, 4.69) is 20.6 Å². The Morgan fingerprint density at radius 3 is 2.62 bits per heavy atom. The van der Waals surface area contributed by atoms with Crippen LogP contribution in [-0.4, -0.2) is 36.6 Å². The molecule has 0 saturated heterocycles. The molecule has 2 N–H and O–H groups in total. The second-order valence-electron chi connectivity index (χ2n) is 6.46. The molecule has 0 bridgehead atoms. The Morgan fingerprint density at radius 2 is 2.03 bits per heavy atom. The lowest BCUT2D eigenvalue weighted by Gasteiger charge is -2.19. The Kier molecular flexibility index (Phi) is 7.69. The minimum absolute atomic E-state index is 0.0481. The molecule has 2 aromatic rings. The monoisotopic (exact) mass is 440 g/mol. The number of anilines is 1. The second kappa shape index (κ2) is 9.80. The molecule has 1 heterocycles. The van der Waals surface area contributed by atoms with Crippen molar-refractivity contribution >= 4 is 33.2 Å². The van der Waals surface area contributed by atoms with Crippen LogP contribution in [0.3, 0.4) is 0 Å². The van der Waals surface area contributed by atoms with Gasteiger partial charge in [0.2, 0.25) is 0 Å². The maximum atomic E-state index is 13.7. The van der Waals surface area contributed by atoms with Gasteiger partial charge in [-0.05, 0) is 25.0 Å². The van der Waals surface area contributed by atoms with Gasteiger partial charge in [0, 0.05) is 17.7 Å². The quantitative estimate of drug-likeness (QED) is 0.651. The van der Waals surface area contributed by atoms with E-state index in [0.717, 1.165) is 11.7 Å². The summed E-state index contributed by atoms with van der Waals surface area (Å²) >= 11 is 6.05. The molecule has 0 aliphatic heterocycles. The highest BCUT2D eigenvalue weighted by Gasteiger charge is 2.17. The predicted molar refractivity (Wildman–Crippen MR) is 111 cm³/mol. The first-order valence-electron chi connectivity index (χ1n) is 8.82. The molecule has 0 spiro atoms. The second-order valence-corrected chi connectivity index (χ2v) is 8.76. The number of amides is 1. The molecule has 2 rings (SSSR count). The number of carbonyl (C=O) groups is 1. The van der Waals surface area contributed by atoms with Crippen molar-refractivity contribution < 1.29 is 17.6 Å². The molecule has 156 valence electrons. The smallest absolute Gasteiger partial charge is 0.271 e. The van der Waals surface area contributed by atoms with Gasteiger partial charge in [0.05, 0.1) is 23.5 Å². The minimum Gasteiger partial charge on any atom is -0.362 e. The van der Waals surface area contributed by atoms with Crippen molar-refractivity contribution in [2.24, 2.45) is 0 Å². The fourth-order valence-electron chi connectivity index (χ4n) is 2.48. The molecule has 1 aromatic carbocycles. The molecule has 0 fully saturated rings. The summed E-state index contributed by atoms with van der Waals surface area (Å²) in [6, 6.07) is 3.81. The summed E-state index contributed by atoms with van der Waals surface area (Å²) in [7, 11) is -3.27. The Labute approximate surface area is 174 Å². The van der Waals surface area contributed by atoms with Gasteiger partial charge >= 0.3 is 0 Å². The van der Waals surface area contributed by atoms with Gasteiger partial charge < -0.3 is 10.6 Å². The van der Waals surface area contributed by atoms with Crippen molar-refractivity contribution in [1.82, 2.24) is 15.3 Å². The van der Waals surface area contributed by atoms with Crippen molar-refractivity contribution in [3.8, 4) is 0 Å². The average molecular weight is 441 g/mol. The van der Waals surface area contributed by atoms with Crippen LogP contribution in [0.4, 0.5) is 10.2 Å². The third-order valence-corrected chi connectivity index (χ3v) is 5.00. The number of rotatable bonds is 8. The van der Waals surface area contributed by atoms with Gasteiger partial charge in [0.15, 0.2) is 9.84 Å². The van der Waals surface area contributed by atoms with Crippen LogP contribution < -0.4 is 10.6 Å². The summed E-state index contributed by atoms with van der Waals surface area (Å²) in [5.41, 5.74) is 0.677. The number of benzene rings is 1. The fraction of sp³-hybridized carbons (Fsp3) is 0.316. The largest absolute Gasteiger partial charge is 0.362 e.